The number of aliphatic imine (C=N–C) groups is 1. The van der Waals surface area contributed by atoms with E-state index in [0.717, 1.165) is 11.4 Å². The summed E-state index contributed by atoms with van der Waals surface area (Å²) in [5, 5.41) is 10.2. The Bertz CT molecular complexity index is 596. The number of hydrogen-bond acceptors (Lipinski definition) is 4. The van der Waals surface area contributed by atoms with Gasteiger partial charge < -0.3 is 19.9 Å². The van der Waals surface area contributed by atoms with Crippen molar-refractivity contribution < 1.29 is 9.26 Å². The molecule has 0 aliphatic heterocycles. The Morgan fingerprint density at radius 1 is 1.36 bits per heavy atom. The third kappa shape index (κ3) is 5.12. The maximum absolute atomic E-state index is 5.87. The normalized spacial score (nSPS) is 12.8. The molecule has 118 valence electrons. The molecule has 0 bridgehead atoms. The molecule has 0 spiro atoms. The molecule has 2 N–H and O–H groups in total. The van der Waals surface area contributed by atoms with Gasteiger partial charge in [-0.25, -0.2) is 0 Å². The van der Waals surface area contributed by atoms with Crippen molar-refractivity contribution in [3.63, 3.8) is 0 Å². The van der Waals surface area contributed by atoms with Crippen LogP contribution >= 0.6 is 0 Å². The Morgan fingerprint density at radius 2 is 2.23 bits per heavy atom. The molecule has 1 atom stereocenters. The number of nitrogens with zero attached hydrogens (tertiary/aromatic N) is 2. The van der Waals surface area contributed by atoms with Crippen molar-refractivity contribution in [1.82, 2.24) is 15.8 Å². The van der Waals surface area contributed by atoms with Gasteiger partial charge in [0.05, 0.1) is 13.1 Å². The molecular formula is C16H22N4O2. The molecule has 6 nitrogen and oxygen atoms in total. The molecule has 0 saturated carbocycles. The molecule has 2 aromatic rings. The van der Waals surface area contributed by atoms with E-state index < -0.39 is 0 Å². The Morgan fingerprint density at radius 3 is 2.91 bits per heavy atom. The molecule has 1 aromatic carbocycles. The van der Waals surface area contributed by atoms with Crippen LogP contribution in [0.5, 0.6) is 5.75 Å². The van der Waals surface area contributed by atoms with Gasteiger partial charge >= 0.3 is 0 Å². The highest BCUT2D eigenvalue weighted by Crippen LogP contribution is 2.13. The van der Waals surface area contributed by atoms with E-state index >= 15 is 0 Å². The van der Waals surface area contributed by atoms with Crippen molar-refractivity contribution in [3.8, 4) is 5.75 Å². The maximum atomic E-state index is 5.87. The fourth-order valence-electron chi connectivity index (χ4n) is 1.93. The molecule has 1 aromatic heterocycles. The van der Waals surface area contributed by atoms with Crippen LogP contribution in [-0.4, -0.2) is 30.8 Å². The van der Waals surface area contributed by atoms with Crippen LogP contribution in [0.1, 0.15) is 18.2 Å². The summed E-state index contributed by atoms with van der Waals surface area (Å²) < 4.78 is 10.7. The highest BCUT2D eigenvalue weighted by Gasteiger charge is 2.06. The first-order valence-electron chi connectivity index (χ1n) is 7.24. The van der Waals surface area contributed by atoms with E-state index in [4.69, 9.17) is 9.26 Å². The summed E-state index contributed by atoms with van der Waals surface area (Å²) in [6.07, 6.45) is 1.57. The number of hydrogen-bond donors (Lipinski definition) is 2. The molecule has 0 radical (unpaired) electrons. The minimum atomic E-state index is 0.0207. The van der Waals surface area contributed by atoms with Gasteiger partial charge in [0.15, 0.2) is 5.96 Å². The minimum Gasteiger partial charge on any atom is -0.489 e. The van der Waals surface area contributed by atoms with E-state index in [0.29, 0.717) is 19.0 Å². The summed E-state index contributed by atoms with van der Waals surface area (Å²) in [7, 11) is 1.73. The lowest BCUT2D eigenvalue weighted by molar-refractivity contribution is 0.223. The SMILES string of the molecule is CN=C(NCc1ccon1)NCC(C)Oc1cccc(C)c1. The van der Waals surface area contributed by atoms with E-state index in [-0.39, 0.29) is 6.10 Å². The number of guanidine groups is 1. The van der Waals surface area contributed by atoms with Crippen LogP contribution < -0.4 is 15.4 Å². The van der Waals surface area contributed by atoms with Crippen LogP contribution in [0.2, 0.25) is 0 Å². The zero-order chi connectivity index (χ0) is 15.8. The number of ether oxygens (including phenoxy) is 1. The van der Waals surface area contributed by atoms with Crippen LogP contribution in [0.3, 0.4) is 0 Å². The summed E-state index contributed by atoms with van der Waals surface area (Å²) in [6.45, 7) is 5.27. The molecule has 1 heterocycles. The van der Waals surface area contributed by atoms with Crippen LogP contribution in [-0.2, 0) is 6.54 Å². The third-order valence-corrected chi connectivity index (χ3v) is 3.04. The van der Waals surface area contributed by atoms with Crippen molar-refractivity contribution in [1.29, 1.82) is 0 Å². The number of aromatic nitrogens is 1. The van der Waals surface area contributed by atoms with E-state index in [1.165, 1.54) is 5.56 Å². The standard InChI is InChI=1S/C16H22N4O2/c1-12-5-4-6-15(9-12)22-13(2)10-18-16(17-3)19-11-14-7-8-21-20-14/h4-9,13H,10-11H2,1-3H3,(H2,17,18,19). The first-order chi connectivity index (χ1) is 10.7. The molecule has 6 heteroatoms. The fourth-order valence-corrected chi connectivity index (χ4v) is 1.93. The van der Waals surface area contributed by atoms with Crippen molar-refractivity contribution >= 4 is 5.96 Å². The van der Waals surface area contributed by atoms with Gasteiger partial charge in [0.1, 0.15) is 23.8 Å². The second-order valence-electron chi connectivity index (χ2n) is 5.04. The summed E-state index contributed by atoms with van der Waals surface area (Å²) in [5.74, 6) is 1.57. The van der Waals surface area contributed by atoms with E-state index in [1.807, 2.05) is 44.2 Å². The molecular weight excluding hydrogens is 280 g/mol. The maximum Gasteiger partial charge on any atom is 0.191 e. The van der Waals surface area contributed by atoms with Gasteiger partial charge in [-0.1, -0.05) is 17.3 Å². The van der Waals surface area contributed by atoms with E-state index in [1.54, 1.807) is 13.3 Å². The number of nitrogens with one attached hydrogen (secondary N) is 2. The molecule has 0 fully saturated rings. The highest BCUT2D eigenvalue weighted by atomic mass is 16.5. The van der Waals surface area contributed by atoms with Crippen LogP contribution in [0.15, 0.2) is 46.1 Å². The quantitative estimate of drug-likeness (QED) is 0.632. The summed E-state index contributed by atoms with van der Waals surface area (Å²) in [6, 6.07) is 9.83. The van der Waals surface area contributed by atoms with Crippen molar-refractivity contribution in [2.45, 2.75) is 26.5 Å². The van der Waals surface area contributed by atoms with Crippen LogP contribution in [0.4, 0.5) is 0 Å². The monoisotopic (exact) mass is 302 g/mol. The van der Waals surface area contributed by atoms with Gasteiger partial charge in [-0.05, 0) is 31.5 Å². The average molecular weight is 302 g/mol. The van der Waals surface area contributed by atoms with Crippen LogP contribution in [0, 0.1) is 6.92 Å². The van der Waals surface area contributed by atoms with Gasteiger partial charge in [-0.2, -0.15) is 0 Å². The zero-order valence-corrected chi connectivity index (χ0v) is 13.2. The second kappa shape index (κ2) is 8.07. The smallest absolute Gasteiger partial charge is 0.191 e. The summed E-state index contributed by atoms with van der Waals surface area (Å²) in [5.41, 5.74) is 2.01. The van der Waals surface area contributed by atoms with E-state index in [9.17, 15) is 0 Å². The second-order valence-corrected chi connectivity index (χ2v) is 5.04. The minimum absolute atomic E-state index is 0.0207. The van der Waals surface area contributed by atoms with Crippen molar-refractivity contribution in [2.75, 3.05) is 13.6 Å². The lowest BCUT2D eigenvalue weighted by Gasteiger charge is -2.17. The number of rotatable bonds is 6. The van der Waals surface area contributed by atoms with Gasteiger partial charge in [-0.15, -0.1) is 0 Å². The third-order valence-electron chi connectivity index (χ3n) is 3.04. The van der Waals surface area contributed by atoms with Crippen LogP contribution in [0.25, 0.3) is 0 Å². The molecule has 0 saturated heterocycles. The Kier molecular flexibility index (Phi) is 5.82. The lowest BCUT2D eigenvalue weighted by Crippen LogP contribution is -2.41. The largest absolute Gasteiger partial charge is 0.489 e. The molecule has 2 rings (SSSR count). The number of benzene rings is 1. The fraction of sp³-hybridized carbons (Fsp3) is 0.375. The highest BCUT2D eigenvalue weighted by molar-refractivity contribution is 5.79. The lowest BCUT2D eigenvalue weighted by atomic mass is 10.2. The topological polar surface area (TPSA) is 71.7 Å². The first-order valence-corrected chi connectivity index (χ1v) is 7.24. The Balaban J connectivity index is 1.75. The Labute approximate surface area is 130 Å². The van der Waals surface area contributed by atoms with E-state index in [2.05, 4.69) is 20.8 Å². The molecule has 0 aliphatic carbocycles. The zero-order valence-electron chi connectivity index (χ0n) is 13.2. The molecule has 0 amide bonds. The van der Waals surface area contributed by atoms with Gasteiger partial charge in [-0.3, -0.25) is 4.99 Å². The first kappa shape index (κ1) is 15.9. The summed E-state index contributed by atoms with van der Waals surface area (Å²) in [4.78, 5) is 4.16. The molecule has 22 heavy (non-hydrogen) atoms. The van der Waals surface area contributed by atoms with Gasteiger partial charge in [0.25, 0.3) is 0 Å². The number of aryl methyl sites for hydroxylation is 1. The van der Waals surface area contributed by atoms with Gasteiger partial charge in [0.2, 0.25) is 0 Å². The average Bonchev–Trinajstić information content (AvgIpc) is 3.01. The predicted molar refractivity (Wildman–Crippen MR) is 86.0 cm³/mol. The van der Waals surface area contributed by atoms with Crippen molar-refractivity contribution in [3.05, 3.63) is 47.9 Å². The molecule has 0 aliphatic rings. The van der Waals surface area contributed by atoms with Crippen molar-refractivity contribution in [2.24, 2.45) is 4.99 Å². The Hall–Kier alpha value is -2.50. The summed E-state index contributed by atoms with van der Waals surface area (Å²) >= 11 is 0. The predicted octanol–water partition coefficient (Wildman–Crippen LogP) is 2.12. The molecule has 1 unspecified atom stereocenters. The van der Waals surface area contributed by atoms with Gasteiger partial charge in [0, 0.05) is 13.1 Å².